The summed E-state index contributed by atoms with van der Waals surface area (Å²) in [4.78, 5) is 12.7. The second kappa shape index (κ2) is 10.6. The first-order valence-corrected chi connectivity index (χ1v) is 11.9. The molecule has 2 aliphatic rings. The van der Waals surface area contributed by atoms with E-state index in [0.29, 0.717) is 0 Å². The van der Waals surface area contributed by atoms with Gasteiger partial charge in [0.2, 0.25) is 0 Å². The monoisotopic (exact) mass is 464 g/mol. The molecule has 0 saturated heterocycles. The third-order valence-corrected chi connectivity index (χ3v) is 6.96. The van der Waals surface area contributed by atoms with Gasteiger partial charge in [0.05, 0.1) is 12.5 Å². The largest absolute Gasteiger partial charge is 0.481 e. The van der Waals surface area contributed by atoms with E-state index in [1.165, 1.54) is 5.56 Å². The van der Waals surface area contributed by atoms with Crippen LogP contribution < -0.4 is 5.32 Å². The molecule has 7 heteroatoms. The molecule has 1 saturated carbocycles. The summed E-state index contributed by atoms with van der Waals surface area (Å²) in [6, 6.07) is 6.34. The molecule has 1 aromatic rings. The van der Waals surface area contributed by atoms with Gasteiger partial charge in [-0.3, -0.25) is 10.1 Å². The highest BCUT2D eigenvalue weighted by molar-refractivity contribution is 6.31. The lowest BCUT2D eigenvalue weighted by Crippen LogP contribution is -2.54. The highest BCUT2D eigenvalue weighted by Gasteiger charge is 2.37. The first-order chi connectivity index (χ1) is 15.1. The molecule has 4 atom stereocenters. The smallest absolute Gasteiger partial charge is 0.305 e. The van der Waals surface area contributed by atoms with Gasteiger partial charge in [-0.05, 0) is 60.3 Å². The zero-order chi connectivity index (χ0) is 23.5. The lowest BCUT2D eigenvalue weighted by molar-refractivity contribution is -0.137. The minimum Gasteiger partial charge on any atom is -0.481 e. The minimum absolute atomic E-state index is 0.0318. The van der Waals surface area contributed by atoms with Crippen LogP contribution in [0.25, 0.3) is 0 Å². The number of rotatable bonds is 7. The molecule has 1 fully saturated rings. The summed E-state index contributed by atoms with van der Waals surface area (Å²) in [7, 11) is 1.73. The fourth-order valence-corrected chi connectivity index (χ4v) is 4.94. The van der Waals surface area contributed by atoms with Crippen molar-refractivity contribution in [3.8, 4) is 0 Å². The van der Waals surface area contributed by atoms with Crippen molar-refractivity contribution in [3.63, 3.8) is 0 Å². The molecule has 1 aliphatic carbocycles. The lowest BCUT2D eigenvalue weighted by atomic mass is 9.83. The van der Waals surface area contributed by atoms with Gasteiger partial charge in [0.1, 0.15) is 0 Å². The fourth-order valence-electron chi connectivity index (χ4n) is 4.66. The Morgan fingerprint density at radius 3 is 2.69 bits per heavy atom. The first kappa shape index (κ1) is 25.0. The standard InChI is InChI=1S/C25H37ClN2O4/c1-25(2,3)11-9-16-5-6-17(14-21(16)26)20-8-7-19(32-4)13-18-15-28(12-10-22(29)30)24(31)27-23(18)20/h5-6,14-15,19-20,23-24,27,31H,7-13H2,1-4H3,(H,29,30). The second-order valence-corrected chi connectivity index (χ2v) is 10.7. The number of hydrogen-bond donors (Lipinski definition) is 3. The van der Waals surface area contributed by atoms with Gasteiger partial charge >= 0.3 is 5.97 Å². The van der Waals surface area contributed by atoms with E-state index in [0.717, 1.165) is 48.3 Å². The molecule has 0 radical (unpaired) electrons. The van der Waals surface area contributed by atoms with Crippen LogP contribution in [-0.2, 0) is 16.0 Å². The number of fused-ring (bicyclic) bond motifs is 1. The van der Waals surface area contributed by atoms with Gasteiger partial charge < -0.3 is 19.8 Å². The fraction of sp³-hybridized carbons (Fsp3) is 0.640. The number of benzene rings is 1. The third kappa shape index (κ3) is 6.47. The summed E-state index contributed by atoms with van der Waals surface area (Å²) in [5.41, 5.74) is 3.71. The number of hydrogen-bond acceptors (Lipinski definition) is 5. The zero-order valence-corrected chi connectivity index (χ0v) is 20.4. The van der Waals surface area contributed by atoms with Gasteiger partial charge in [0.25, 0.3) is 0 Å². The Balaban J connectivity index is 1.85. The van der Waals surface area contributed by atoms with Crippen molar-refractivity contribution in [3.05, 3.63) is 46.1 Å². The van der Waals surface area contributed by atoms with Crippen LogP contribution in [0.2, 0.25) is 5.02 Å². The van der Waals surface area contributed by atoms with Crippen molar-refractivity contribution < 1.29 is 19.7 Å². The van der Waals surface area contributed by atoms with Crippen LogP contribution in [-0.4, -0.2) is 53.2 Å². The number of aliphatic carboxylic acids is 1. The SMILES string of the molecule is COC1CCC(c2ccc(CCC(C)(C)C)c(Cl)c2)C2NC(O)N(CCC(=O)O)C=C2C1. The molecule has 1 heterocycles. The number of nitrogens with one attached hydrogen (secondary N) is 1. The van der Waals surface area contributed by atoms with Crippen LogP contribution in [0.3, 0.4) is 0 Å². The minimum atomic E-state index is -0.925. The molecular weight excluding hydrogens is 428 g/mol. The number of aliphatic hydroxyl groups is 1. The van der Waals surface area contributed by atoms with Crippen molar-refractivity contribution in [1.29, 1.82) is 0 Å². The van der Waals surface area contributed by atoms with Crippen LogP contribution >= 0.6 is 11.6 Å². The number of carbonyl (C=O) groups is 1. The first-order valence-electron chi connectivity index (χ1n) is 11.5. The summed E-state index contributed by atoms with van der Waals surface area (Å²) < 4.78 is 5.70. The highest BCUT2D eigenvalue weighted by atomic mass is 35.5. The molecule has 1 aromatic carbocycles. The molecule has 3 N–H and O–H groups in total. The van der Waals surface area contributed by atoms with Crippen molar-refractivity contribution in [2.24, 2.45) is 5.41 Å². The van der Waals surface area contributed by atoms with E-state index in [9.17, 15) is 9.90 Å². The van der Waals surface area contributed by atoms with E-state index >= 15 is 0 Å². The molecule has 178 valence electrons. The second-order valence-electron chi connectivity index (χ2n) is 10.3. The lowest BCUT2D eigenvalue weighted by Gasteiger charge is -2.40. The van der Waals surface area contributed by atoms with Gasteiger partial charge in [-0.1, -0.05) is 44.5 Å². The molecular formula is C25H37ClN2O4. The summed E-state index contributed by atoms with van der Waals surface area (Å²) in [6.07, 6.45) is 5.65. The van der Waals surface area contributed by atoms with Gasteiger partial charge in [0, 0.05) is 36.8 Å². The molecule has 0 amide bonds. The third-order valence-electron chi connectivity index (χ3n) is 6.61. The van der Waals surface area contributed by atoms with E-state index in [1.807, 2.05) is 6.20 Å². The molecule has 0 aromatic heterocycles. The number of nitrogens with zero attached hydrogens (tertiary/aromatic N) is 1. The van der Waals surface area contributed by atoms with Crippen molar-refractivity contribution in [2.45, 2.75) is 83.7 Å². The quantitative estimate of drug-likeness (QED) is 0.550. The van der Waals surface area contributed by atoms with Crippen LogP contribution in [0.1, 0.15) is 69.9 Å². The van der Waals surface area contributed by atoms with Crippen LogP contribution in [0, 0.1) is 5.41 Å². The Hall–Kier alpha value is -1.60. The average molecular weight is 465 g/mol. The predicted molar refractivity (Wildman–Crippen MR) is 127 cm³/mol. The number of methoxy groups -OCH3 is 1. The number of carboxylic acids is 1. The molecule has 32 heavy (non-hydrogen) atoms. The van der Waals surface area contributed by atoms with E-state index in [1.54, 1.807) is 12.0 Å². The van der Waals surface area contributed by atoms with Crippen LogP contribution in [0.5, 0.6) is 0 Å². The molecule has 0 bridgehead atoms. The van der Waals surface area contributed by atoms with Gasteiger partial charge in [-0.2, -0.15) is 0 Å². The number of aryl methyl sites for hydroxylation is 1. The van der Waals surface area contributed by atoms with Crippen LogP contribution in [0.15, 0.2) is 30.0 Å². The van der Waals surface area contributed by atoms with E-state index < -0.39 is 12.3 Å². The number of carboxylic acid groups (broad SMARTS) is 1. The van der Waals surface area contributed by atoms with Crippen molar-refractivity contribution in [1.82, 2.24) is 10.2 Å². The van der Waals surface area contributed by atoms with E-state index in [4.69, 9.17) is 21.4 Å². The summed E-state index contributed by atoms with van der Waals surface area (Å²) in [5.74, 6) is -0.737. The van der Waals surface area contributed by atoms with Crippen molar-refractivity contribution in [2.75, 3.05) is 13.7 Å². The normalized spacial score (nSPS) is 26.3. The summed E-state index contributed by atoms with van der Waals surface area (Å²) in [6.45, 7) is 6.96. The number of ether oxygens (including phenoxy) is 1. The maximum Gasteiger partial charge on any atom is 0.305 e. The molecule has 6 nitrogen and oxygen atoms in total. The number of halogens is 1. The van der Waals surface area contributed by atoms with Crippen LogP contribution in [0.4, 0.5) is 0 Å². The van der Waals surface area contributed by atoms with Gasteiger partial charge in [-0.15, -0.1) is 0 Å². The van der Waals surface area contributed by atoms with E-state index in [-0.39, 0.29) is 36.4 Å². The Morgan fingerprint density at radius 1 is 1.31 bits per heavy atom. The maximum absolute atomic E-state index is 11.0. The highest BCUT2D eigenvalue weighted by Crippen LogP contribution is 2.39. The Bertz CT molecular complexity index is 836. The molecule has 1 aliphatic heterocycles. The molecule has 0 spiro atoms. The molecule has 4 unspecified atom stereocenters. The summed E-state index contributed by atoms with van der Waals surface area (Å²) >= 11 is 6.70. The van der Waals surface area contributed by atoms with Gasteiger partial charge in [0.15, 0.2) is 6.35 Å². The Morgan fingerprint density at radius 2 is 2.06 bits per heavy atom. The molecule has 3 rings (SSSR count). The van der Waals surface area contributed by atoms with Crippen molar-refractivity contribution >= 4 is 17.6 Å². The van der Waals surface area contributed by atoms with E-state index in [2.05, 4.69) is 44.3 Å². The Kier molecular flexibility index (Phi) is 8.26. The predicted octanol–water partition coefficient (Wildman–Crippen LogP) is 4.51. The number of aliphatic hydroxyl groups excluding tert-OH is 1. The maximum atomic E-state index is 11.0. The van der Waals surface area contributed by atoms with Gasteiger partial charge in [-0.25, -0.2) is 0 Å². The topological polar surface area (TPSA) is 82.0 Å². The average Bonchev–Trinajstić information content (AvgIpc) is 2.89. The Labute approximate surface area is 196 Å². The zero-order valence-electron chi connectivity index (χ0n) is 19.6. The summed E-state index contributed by atoms with van der Waals surface area (Å²) in [5, 5.41) is 23.8.